The summed E-state index contributed by atoms with van der Waals surface area (Å²) in [5, 5.41) is 5.26. The van der Waals surface area contributed by atoms with Crippen LogP contribution in [-0.2, 0) is 69.6 Å². The van der Waals surface area contributed by atoms with E-state index in [1.165, 1.54) is 42.3 Å². The summed E-state index contributed by atoms with van der Waals surface area (Å²) >= 11 is 0. The second-order valence-electron chi connectivity index (χ2n) is 20.2. The Kier molecular flexibility index (Phi) is 18.7. The van der Waals surface area contributed by atoms with Crippen LogP contribution in [0, 0.1) is 24.7 Å². The number of aliphatic imine (C=N–C) groups is 1. The van der Waals surface area contributed by atoms with E-state index >= 15 is 0 Å². The number of imide groups is 1. The van der Waals surface area contributed by atoms with Crippen LogP contribution in [0.1, 0.15) is 69.8 Å². The van der Waals surface area contributed by atoms with E-state index in [0.29, 0.717) is 16.7 Å². The number of carbonyl (C=O) groups is 8. The molecule has 77 heavy (non-hydrogen) atoms. The summed E-state index contributed by atoms with van der Waals surface area (Å²) in [6.07, 6.45) is 2.08. The zero-order chi connectivity index (χ0) is 57.5. The van der Waals surface area contributed by atoms with Gasteiger partial charge in [-0.25, -0.2) is 40.8 Å². The highest BCUT2D eigenvalue weighted by Crippen LogP contribution is 2.36. The Morgan fingerprint density at radius 1 is 0.688 bits per heavy atom. The lowest BCUT2D eigenvalue weighted by Crippen LogP contribution is -2.58. The third-order valence-corrected chi connectivity index (χ3v) is 14.3. The summed E-state index contributed by atoms with van der Waals surface area (Å²) in [6, 6.07) is 18.5. The highest BCUT2D eigenvalue weighted by Gasteiger charge is 2.54. The first-order valence-electron chi connectivity index (χ1n) is 23.9. The fourth-order valence-electron chi connectivity index (χ4n) is 8.14. The number of rotatable bonds is 17. The fraction of sp³-hybridized carbons (Fsp3) is 0.377. The van der Waals surface area contributed by atoms with Crippen LogP contribution in [0.5, 0.6) is 0 Å². The molecule has 0 aromatic heterocycles. The van der Waals surface area contributed by atoms with Crippen LogP contribution in [-0.4, -0.2) is 137 Å². The van der Waals surface area contributed by atoms with Crippen molar-refractivity contribution in [3.63, 3.8) is 0 Å². The number of urea groups is 1. The van der Waals surface area contributed by atoms with E-state index in [4.69, 9.17) is 9.47 Å². The average Bonchev–Trinajstić information content (AvgIpc) is 3.91. The second kappa shape index (κ2) is 24.0. The third kappa shape index (κ3) is 14.2. The number of sulfonamides is 2. The number of amides is 5. The summed E-state index contributed by atoms with van der Waals surface area (Å²) < 4.78 is 62.0. The summed E-state index contributed by atoms with van der Waals surface area (Å²) in [6.45, 7) is 13.0. The van der Waals surface area contributed by atoms with Gasteiger partial charge in [-0.1, -0.05) is 114 Å². The molecule has 1 saturated heterocycles. The minimum atomic E-state index is -3.83. The lowest BCUT2D eigenvalue weighted by atomic mass is 9.85. The SMILES string of the molecule is CNS(=O)(=O)c1ccc(C)c(NC(=O)C(C(=O)C(C)(C)C)N2C(=O)C(c3ccccc3)N(Cc3ccccc3)C2=O)c1.COC(=O)C1N=CN(C(C(=O)Nc2cc(NS(C)(=O)=O)ccc2C)C(=O)C(C)(C)C)C1C(=O)OC. The van der Waals surface area contributed by atoms with Gasteiger partial charge in [0.25, 0.3) is 17.7 Å². The smallest absolute Gasteiger partial charge is 0.333 e. The van der Waals surface area contributed by atoms with Crippen LogP contribution in [0.2, 0.25) is 0 Å². The quantitative estimate of drug-likeness (QED) is 0.0631. The highest BCUT2D eigenvalue weighted by atomic mass is 32.2. The topological polar surface area (TPSA) is 294 Å². The van der Waals surface area contributed by atoms with Crippen molar-refractivity contribution in [3.05, 3.63) is 119 Å². The number of methoxy groups -OCH3 is 2. The molecule has 0 aliphatic carbocycles. The lowest BCUT2D eigenvalue weighted by Gasteiger charge is -2.34. The van der Waals surface area contributed by atoms with Crippen molar-refractivity contribution in [2.75, 3.05) is 42.9 Å². The number of aryl methyl sites for hydroxylation is 2. The Morgan fingerprint density at radius 2 is 1.19 bits per heavy atom. The van der Waals surface area contributed by atoms with Crippen LogP contribution < -0.4 is 20.1 Å². The number of anilines is 3. The zero-order valence-electron chi connectivity index (χ0n) is 44.7. The van der Waals surface area contributed by atoms with Gasteiger partial charge in [0.15, 0.2) is 35.7 Å². The predicted octanol–water partition coefficient (Wildman–Crippen LogP) is 4.75. The van der Waals surface area contributed by atoms with Gasteiger partial charge in [-0.15, -0.1) is 0 Å². The molecule has 0 spiro atoms. The van der Waals surface area contributed by atoms with Gasteiger partial charge in [0, 0.05) is 28.7 Å². The van der Waals surface area contributed by atoms with Crippen molar-refractivity contribution in [2.24, 2.45) is 15.8 Å². The number of hydrogen-bond donors (Lipinski definition) is 4. The largest absolute Gasteiger partial charge is 0.467 e. The van der Waals surface area contributed by atoms with Crippen LogP contribution in [0.15, 0.2) is 107 Å². The molecule has 4 aromatic rings. The van der Waals surface area contributed by atoms with Gasteiger partial charge >= 0.3 is 18.0 Å². The molecule has 2 aliphatic heterocycles. The molecule has 22 nitrogen and oxygen atoms in total. The molecule has 4 N–H and O–H groups in total. The molecule has 6 rings (SSSR count). The number of benzene rings is 4. The van der Waals surface area contributed by atoms with E-state index in [-0.39, 0.29) is 28.5 Å². The number of nitrogens with one attached hydrogen (secondary N) is 4. The Balaban J connectivity index is 0.000000289. The third-order valence-electron chi connectivity index (χ3n) is 12.3. The Morgan fingerprint density at radius 3 is 1.71 bits per heavy atom. The molecule has 5 atom stereocenters. The van der Waals surface area contributed by atoms with Crippen molar-refractivity contribution in [1.82, 2.24) is 19.4 Å². The Bertz CT molecular complexity index is 3190. The maximum Gasteiger partial charge on any atom is 0.333 e. The van der Waals surface area contributed by atoms with Crippen molar-refractivity contribution < 1.29 is 64.7 Å². The van der Waals surface area contributed by atoms with E-state index in [1.54, 1.807) is 91.8 Å². The summed E-state index contributed by atoms with van der Waals surface area (Å²) in [7, 11) is -3.91. The normalized spacial score (nSPS) is 17.4. The molecule has 1 fully saturated rings. The van der Waals surface area contributed by atoms with Crippen molar-refractivity contribution >= 4 is 90.7 Å². The maximum absolute atomic E-state index is 14.1. The van der Waals surface area contributed by atoms with Crippen LogP contribution >= 0.6 is 0 Å². The molecule has 24 heteroatoms. The van der Waals surface area contributed by atoms with Crippen LogP contribution in [0.4, 0.5) is 21.9 Å². The Hall–Kier alpha value is -7.83. The number of hydrogen-bond acceptors (Lipinski definition) is 16. The average molecular weight is 1100 g/mol. The van der Waals surface area contributed by atoms with Crippen LogP contribution in [0.25, 0.3) is 0 Å². The molecule has 5 amide bonds. The number of ether oxygens (including phenoxy) is 2. The maximum atomic E-state index is 14.1. The molecule has 0 bridgehead atoms. The van der Waals surface area contributed by atoms with E-state index in [2.05, 4.69) is 25.1 Å². The lowest BCUT2D eigenvalue weighted by molar-refractivity contribution is -0.154. The molecule has 4 aromatic carbocycles. The van der Waals surface area contributed by atoms with Crippen molar-refractivity contribution in [1.29, 1.82) is 0 Å². The van der Waals surface area contributed by atoms with E-state index in [9.17, 15) is 55.2 Å². The first-order valence-corrected chi connectivity index (χ1v) is 27.3. The molecular formula is C53H64N8O14S2. The first-order chi connectivity index (χ1) is 35.9. The van der Waals surface area contributed by atoms with Crippen LogP contribution in [0.3, 0.4) is 0 Å². The number of ketones is 2. The molecular weight excluding hydrogens is 1040 g/mol. The number of esters is 2. The molecule has 0 saturated carbocycles. The van der Waals surface area contributed by atoms with Gasteiger partial charge in [-0.2, -0.15) is 0 Å². The molecule has 412 valence electrons. The minimum absolute atomic E-state index is 0.0720. The molecule has 2 aliphatic rings. The molecule has 0 radical (unpaired) electrons. The second-order valence-corrected chi connectivity index (χ2v) is 23.8. The highest BCUT2D eigenvalue weighted by molar-refractivity contribution is 7.92. The standard InChI is InChI=1S/C31H34N4O6S.C22H30N4O8S/c1-20-16-17-23(42(40,41)32-5)18-24(20)33-28(37)26(27(36)31(2,3)4)35-29(38)25(22-14-10-7-11-15-22)34(30(35)39)19-21-12-8-6-9-13-21;1-12-8-9-13(25-35(7,31)32)10-14(12)24-19(28)17(18(27)22(2,3)4)26-11-23-15(20(29)33-5)16(26)21(30)34-6/h6-18,25-26,32H,19H2,1-5H3,(H,33,37);8-11,15-17,25H,1-7H3,(H,24,28). The molecule has 2 heterocycles. The van der Waals surface area contributed by atoms with Gasteiger partial charge in [0.1, 0.15) is 6.04 Å². The monoisotopic (exact) mass is 1100 g/mol. The van der Waals surface area contributed by atoms with Crippen molar-refractivity contribution in [3.8, 4) is 0 Å². The predicted molar refractivity (Wildman–Crippen MR) is 286 cm³/mol. The first kappa shape index (κ1) is 60.0. The van der Waals surface area contributed by atoms with E-state index < -0.39 is 108 Å². The van der Waals surface area contributed by atoms with Gasteiger partial charge in [-0.3, -0.25) is 33.7 Å². The summed E-state index contributed by atoms with van der Waals surface area (Å²) in [5.41, 5.74) is 0.860. The Labute approximate surface area is 448 Å². The number of Topliss-reactive ketones (excluding diaryl/α,β-unsaturated/α-hetero) is 2. The van der Waals surface area contributed by atoms with Gasteiger partial charge in [-0.05, 0) is 67.4 Å². The summed E-state index contributed by atoms with van der Waals surface area (Å²) in [4.78, 5) is 115. The van der Waals surface area contributed by atoms with Gasteiger partial charge < -0.3 is 29.9 Å². The van der Waals surface area contributed by atoms with Crippen molar-refractivity contribution in [2.45, 2.75) is 97.0 Å². The summed E-state index contributed by atoms with van der Waals surface area (Å²) in [5.74, 6) is -5.36. The van der Waals surface area contributed by atoms with Gasteiger partial charge in [0.2, 0.25) is 20.0 Å². The van der Waals surface area contributed by atoms with Gasteiger partial charge in [0.05, 0.1) is 37.4 Å². The number of nitrogens with zero attached hydrogens (tertiary/aromatic N) is 4. The van der Waals surface area contributed by atoms with E-state index in [1.807, 2.05) is 30.3 Å². The van der Waals surface area contributed by atoms with E-state index in [0.717, 1.165) is 42.2 Å². The number of carbonyl (C=O) groups excluding carboxylic acids is 8. The molecule has 5 unspecified atom stereocenters. The fourth-order valence-corrected chi connectivity index (χ4v) is 9.45. The minimum Gasteiger partial charge on any atom is -0.467 e. The zero-order valence-corrected chi connectivity index (χ0v) is 46.4.